The lowest BCUT2D eigenvalue weighted by Gasteiger charge is -2.27. The van der Waals surface area contributed by atoms with E-state index in [-0.39, 0.29) is 0 Å². The van der Waals surface area contributed by atoms with E-state index in [1.54, 1.807) is 0 Å². The van der Waals surface area contributed by atoms with Crippen LogP contribution in [0.25, 0.3) is 0 Å². The molecule has 1 saturated heterocycles. The Bertz CT molecular complexity index is 250. The van der Waals surface area contributed by atoms with E-state index in [2.05, 4.69) is 44.5 Å². The highest BCUT2D eigenvalue weighted by molar-refractivity contribution is 5.78. The standard InChI is InChI=1S/C13H27N3/c1-10(2)8-15-12(14)16-7-6-11(9-16)13(3,4)5/h10-11H,6-9H2,1-5H3,(H2,14,15). The first-order valence-corrected chi connectivity index (χ1v) is 6.35. The lowest BCUT2D eigenvalue weighted by atomic mass is 9.80. The molecule has 0 aromatic carbocycles. The SMILES string of the molecule is CC(C)CN=C(N)N1CCC(C(C)(C)C)C1. The molecule has 0 radical (unpaired) electrons. The fourth-order valence-electron chi connectivity index (χ4n) is 2.05. The molecule has 0 saturated carbocycles. The van der Waals surface area contributed by atoms with Gasteiger partial charge in [0.25, 0.3) is 0 Å². The largest absolute Gasteiger partial charge is 0.370 e. The van der Waals surface area contributed by atoms with Gasteiger partial charge in [-0.3, -0.25) is 4.99 Å². The van der Waals surface area contributed by atoms with Crippen LogP contribution in [0, 0.1) is 17.3 Å². The number of rotatable bonds is 2. The molecule has 0 amide bonds. The third-order valence-corrected chi connectivity index (χ3v) is 3.36. The highest BCUT2D eigenvalue weighted by Crippen LogP contribution is 2.33. The Morgan fingerprint density at radius 3 is 2.50 bits per heavy atom. The van der Waals surface area contributed by atoms with Crippen LogP contribution in [0.4, 0.5) is 0 Å². The van der Waals surface area contributed by atoms with Crippen LogP contribution >= 0.6 is 0 Å². The smallest absolute Gasteiger partial charge is 0.191 e. The molecule has 1 heterocycles. The quantitative estimate of drug-likeness (QED) is 0.579. The van der Waals surface area contributed by atoms with Crippen LogP contribution in [-0.4, -0.2) is 30.5 Å². The average Bonchev–Trinajstić information content (AvgIpc) is 2.61. The average molecular weight is 225 g/mol. The molecule has 1 atom stereocenters. The second kappa shape index (κ2) is 5.07. The molecule has 0 aromatic rings. The zero-order valence-electron chi connectivity index (χ0n) is 11.5. The minimum Gasteiger partial charge on any atom is -0.370 e. The van der Waals surface area contributed by atoms with Crippen molar-refractivity contribution >= 4 is 5.96 Å². The van der Waals surface area contributed by atoms with Crippen molar-refractivity contribution in [3.8, 4) is 0 Å². The normalized spacial score (nSPS) is 23.2. The number of likely N-dealkylation sites (tertiary alicyclic amines) is 1. The van der Waals surface area contributed by atoms with Crippen molar-refractivity contribution in [3.63, 3.8) is 0 Å². The second-order valence-corrected chi connectivity index (χ2v) is 6.39. The first kappa shape index (κ1) is 13.3. The molecule has 1 rings (SSSR count). The maximum Gasteiger partial charge on any atom is 0.191 e. The summed E-state index contributed by atoms with van der Waals surface area (Å²) in [7, 11) is 0. The first-order valence-electron chi connectivity index (χ1n) is 6.35. The van der Waals surface area contributed by atoms with Crippen LogP contribution in [0.5, 0.6) is 0 Å². The van der Waals surface area contributed by atoms with E-state index < -0.39 is 0 Å². The van der Waals surface area contributed by atoms with Gasteiger partial charge in [0, 0.05) is 19.6 Å². The van der Waals surface area contributed by atoms with Crippen LogP contribution in [0.2, 0.25) is 0 Å². The van der Waals surface area contributed by atoms with E-state index in [0.717, 1.165) is 31.5 Å². The monoisotopic (exact) mass is 225 g/mol. The van der Waals surface area contributed by atoms with Crippen LogP contribution < -0.4 is 5.73 Å². The van der Waals surface area contributed by atoms with Gasteiger partial charge < -0.3 is 10.6 Å². The predicted molar refractivity (Wildman–Crippen MR) is 70.5 cm³/mol. The summed E-state index contributed by atoms with van der Waals surface area (Å²) in [4.78, 5) is 6.68. The molecule has 1 unspecified atom stereocenters. The lowest BCUT2D eigenvalue weighted by molar-refractivity contribution is 0.250. The van der Waals surface area contributed by atoms with Gasteiger partial charge in [0.05, 0.1) is 0 Å². The Hall–Kier alpha value is -0.730. The van der Waals surface area contributed by atoms with Gasteiger partial charge in [-0.2, -0.15) is 0 Å². The molecular weight excluding hydrogens is 198 g/mol. The molecule has 1 aliphatic heterocycles. The van der Waals surface area contributed by atoms with Crippen LogP contribution in [-0.2, 0) is 0 Å². The first-order chi connectivity index (χ1) is 7.30. The summed E-state index contributed by atoms with van der Waals surface area (Å²) in [6.07, 6.45) is 1.24. The van der Waals surface area contributed by atoms with Crippen LogP contribution in [0.1, 0.15) is 41.0 Å². The van der Waals surface area contributed by atoms with Gasteiger partial charge >= 0.3 is 0 Å². The van der Waals surface area contributed by atoms with Crippen LogP contribution in [0.15, 0.2) is 4.99 Å². The van der Waals surface area contributed by atoms with Crippen LogP contribution in [0.3, 0.4) is 0 Å². The highest BCUT2D eigenvalue weighted by Gasteiger charge is 2.32. The Labute approximate surface area is 100 Å². The Balaban J connectivity index is 2.50. The Kier molecular flexibility index (Phi) is 4.22. The summed E-state index contributed by atoms with van der Waals surface area (Å²) in [5, 5.41) is 0. The van der Waals surface area contributed by atoms with Crippen molar-refractivity contribution in [2.45, 2.75) is 41.0 Å². The number of guanidine groups is 1. The molecule has 16 heavy (non-hydrogen) atoms. The van der Waals surface area contributed by atoms with Gasteiger partial charge in [-0.25, -0.2) is 0 Å². The summed E-state index contributed by atoms with van der Waals surface area (Å²) in [5.74, 6) is 2.06. The van der Waals surface area contributed by atoms with E-state index in [0.29, 0.717) is 11.3 Å². The highest BCUT2D eigenvalue weighted by atomic mass is 15.3. The third kappa shape index (κ3) is 3.69. The fraction of sp³-hybridized carbons (Fsp3) is 0.923. The number of hydrogen-bond donors (Lipinski definition) is 1. The minimum absolute atomic E-state index is 0.382. The van der Waals surface area contributed by atoms with Crippen molar-refractivity contribution in [2.75, 3.05) is 19.6 Å². The van der Waals surface area contributed by atoms with Gasteiger partial charge in [-0.15, -0.1) is 0 Å². The van der Waals surface area contributed by atoms with E-state index in [4.69, 9.17) is 5.73 Å². The van der Waals surface area contributed by atoms with E-state index in [1.165, 1.54) is 6.42 Å². The molecule has 0 spiro atoms. The number of hydrogen-bond acceptors (Lipinski definition) is 1. The minimum atomic E-state index is 0.382. The number of nitrogens with two attached hydrogens (primary N) is 1. The van der Waals surface area contributed by atoms with E-state index in [1.807, 2.05) is 0 Å². The van der Waals surface area contributed by atoms with Crippen molar-refractivity contribution in [3.05, 3.63) is 0 Å². The molecule has 1 aliphatic rings. The Morgan fingerprint density at radius 1 is 1.44 bits per heavy atom. The molecule has 2 N–H and O–H groups in total. The lowest BCUT2D eigenvalue weighted by Crippen LogP contribution is -2.37. The zero-order valence-corrected chi connectivity index (χ0v) is 11.5. The molecule has 0 aliphatic carbocycles. The van der Waals surface area contributed by atoms with Crippen molar-refractivity contribution in [1.82, 2.24) is 4.90 Å². The second-order valence-electron chi connectivity index (χ2n) is 6.39. The molecule has 94 valence electrons. The molecule has 0 aromatic heterocycles. The summed E-state index contributed by atoms with van der Waals surface area (Å²) in [6.45, 7) is 14.2. The van der Waals surface area contributed by atoms with Gasteiger partial charge in [-0.1, -0.05) is 34.6 Å². The molecule has 3 nitrogen and oxygen atoms in total. The maximum atomic E-state index is 6.01. The molecule has 3 heteroatoms. The van der Waals surface area contributed by atoms with E-state index in [9.17, 15) is 0 Å². The summed E-state index contributed by atoms with van der Waals surface area (Å²) < 4.78 is 0. The number of nitrogens with zero attached hydrogens (tertiary/aromatic N) is 2. The predicted octanol–water partition coefficient (Wildman–Crippen LogP) is 2.33. The van der Waals surface area contributed by atoms with Crippen molar-refractivity contribution in [1.29, 1.82) is 0 Å². The topological polar surface area (TPSA) is 41.6 Å². The maximum absolute atomic E-state index is 6.01. The van der Waals surface area contributed by atoms with Crippen molar-refractivity contribution in [2.24, 2.45) is 28.0 Å². The zero-order chi connectivity index (χ0) is 12.3. The van der Waals surface area contributed by atoms with Gasteiger partial charge in [0.1, 0.15) is 0 Å². The summed E-state index contributed by atoms with van der Waals surface area (Å²) in [6, 6.07) is 0. The van der Waals surface area contributed by atoms with E-state index >= 15 is 0 Å². The fourth-order valence-corrected chi connectivity index (χ4v) is 2.05. The van der Waals surface area contributed by atoms with Crippen molar-refractivity contribution < 1.29 is 0 Å². The summed E-state index contributed by atoms with van der Waals surface area (Å²) in [5.41, 5.74) is 6.39. The molecule has 0 bridgehead atoms. The van der Waals surface area contributed by atoms with Gasteiger partial charge in [0.2, 0.25) is 0 Å². The number of aliphatic imine (C=N–C) groups is 1. The van der Waals surface area contributed by atoms with Gasteiger partial charge in [-0.05, 0) is 23.7 Å². The van der Waals surface area contributed by atoms with Gasteiger partial charge in [0.15, 0.2) is 5.96 Å². The molecular formula is C13H27N3. The third-order valence-electron chi connectivity index (χ3n) is 3.36. The Morgan fingerprint density at radius 2 is 2.06 bits per heavy atom. The summed E-state index contributed by atoms with van der Waals surface area (Å²) >= 11 is 0. The molecule has 1 fully saturated rings.